The zero-order chi connectivity index (χ0) is 8.15. The van der Waals surface area contributed by atoms with Crippen molar-refractivity contribution in [2.75, 3.05) is 0 Å². The van der Waals surface area contributed by atoms with Crippen molar-refractivity contribution in [3.63, 3.8) is 0 Å². The minimum atomic E-state index is -2.06. The van der Waals surface area contributed by atoms with Crippen molar-refractivity contribution in [3.05, 3.63) is 0 Å². The van der Waals surface area contributed by atoms with Gasteiger partial charge in [-0.05, 0) is 0 Å². The Morgan fingerprint density at radius 3 is 2.60 bits per heavy atom. The van der Waals surface area contributed by atoms with Crippen molar-refractivity contribution in [2.45, 2.75) is 10.7 Å². The van der Waals surface area contributed by atoms with Crippen LogP contribution in [0, 0.1) is 0 Å². The topological polar surface area (TPSA) is 66.8 Å². The molecule has 58 valence electrons. The Hall–Kier alpha value is 0.225. The lowest BCUT2D eigenvalue weighted by molar-refractivity contribution is -0.136. The maximum atomic E-state index is 10.4. The second kappa shape index (κ2) is 4.95. The van der Waals surface area contributed by atoms with Gasteiger partial charge in [-0.3, -0.25) is 4.79 Å². The molecule has 0 bridgehead atoms. The molecule has 7 heteroatoms. The number of carbonyl (C=O) groups excluding carboxylic acids is 1. The van der Waals surface area contributed by atoms with E-state index in [-0.39, 0.29) is 6.42 Å². The molecule has 0 aliphatic carbocycles. The molecular weight excluding hydrogens is 226 g/mol. The van der Waals surface area contributed by atoms with Crippen molar-refractivity contribution in [3.8, 4) is 0 Å². The summed E-state index contributed by atoms with van der Waals surface area (Å²) in [6.07, 6.45) is -0.112. The molecule has 0 heterocycles. The van der Waals surface area contributed by atoms with Crippen LogP contribution in [0.15, 0.2) is 0 Å². The van der Waals surface area contributed by atoms with E-state index in [1.165, 1.54) is 0 Å². The Labute approximate surface area is 71.4 Å². The van der Waals surface area contributed by atoms with E-state index in [2.05, 4.69) is 20.6 Å². The fraction of sp³-hybridized carbons (Fsp3) is 0.667. The van der Waals surface area contributed by atoms with Crippen LogP contribution in [0.1, 0.15) is 6.42 Å². The molecule has 4 nitrogen and oxygen atoms in total. The zero-order valence-corrected chi connectivity index (χ0v) is 7.17. The van der Waals surface area contributed by atoms with E-state index in [9.17, 15) is 4.79 Å². The summed E-state index contributed by atoms with van der Waals surface area (Å²) in [7, 11) is -2.06. The Morgan fingerprint density at radius 2 is 2.30 bits per heavy atom. The fourth-order valence-corrected chi connectivity index (χ4v) is 0.682. The van der Waals surface area contributed by atoms with Crippen LogP contribution in [0.4, 0.5) is 0 Å². The normalized spacial score (nSPS) is 12.4. The van der Waals surface area contributed by atoms with Crippen LogP contribution in [0.5, 0.6) is 0 Å². The quantitative estimate of drug-likeness (QED) is 0.523. The first-order chi connectivity index (χ1) is 4.52. The summed E-state index contributed by atoms with van der Waals surface area (Å²) in [6, 6.07) is 0. The molecule has 2 N–H and O–H groups in total. The highest BCUT2D eigenvalue weighted by molar-refractivity contribution is 9.10. The molecule has 0 amide bonds. The zero-order valence-electron chi connectivity index (χ0n) is 4.83. The Kier molecular flexibility index (Phi) is 5.06. The van der Waals surface area contributed by atoms with Gasteiger partial charge < -0.3 is 14.7 Å². The van der Waals surface area contributed by atoms with Gasteiger partial charge in [0.2, 0.25) is 0 Å². The van der Waals surface area contributed by atoms with Crippen LogP contribution in [-0.2, 0) is 9.45 Å². The standard InChI is InChI=1S/C3H5BBrClO4/c5-2(6)1-3(7)10-4(8)9/h2,8-9H,1H2. The first-order valence-electron chi connectivity index (χ1n) is 2.36. The molecule has 1 unspecified atom stereocenters. The largest absolute Gasteiger partial charge is 0.709 e. The number of alkyl halides is 2. The molecule has 1 atom stereocenters. The second-order valence-electron chi connectivity index (χ2n) is 1.41. The first kappa shape index (κ1) is 10.2. The lowest BCUT2D eigenvalue weighted by Gasteiger charge is -2.01. The number of halogens is 2. The van der Waals surface area contributed by atoms with Crippen LogP contribution in [0.3, 0.4) is 0 Å². The Morgan fingerprint density at radius 1 is 1.80 bits per heavy atom. The van der Waals surface area contributed by atoms with Gasteiger partial charge >= 0.3 is 7.32 Å². The Balaban J connectivity index is 3.44. The van der Waals surface area contributed by atoms with E-state index in [0.29, 0.717) is 0 Å². The summed E-state index contributed by atoms with van der Waals surface area (Å²) in [5, 5.41) is 16.2. The van der Waals surface area contributed by atoms with E-state index in [4.69, 9.17) is 21.6 Å². The van der Waals surface area contributed by atoms with Crippen molar-refractivity contribution >= 4 is 40.8 Å². The molecule has 0 aromatic heterocycles. The molecule has 0 spiro atoms. The highest BCUT2D eigenvalue weighted by Gasteiger charge is 2.17. The van der Waals surface area contributed by atoms with E-state index >= 15 is 0 Å². The molecule has 10 heavy (non-hydrogen) atoms. The third kappa shape index (κ3) is 6.35. The third-order valence-electron chi connectivity index (χ3n) is 0.558. The van der Waals surface area contributed by atoms with Gasteiger partial charge in [0.15, 0.2) is 0 Å². The lowest BCUT2D eigenvalue weighted by Crippen LogP contribution is -2.22. The summed E-state index contributed by atoms with van der Waals surface area (Å²) in [5.41, 5.74) is 0. The summed E-state index contributed by atoms with van der Waals surface area (Å²) in [6.45, 7) is 0. The van der Waals surface area contributed by atoms with Crippen LogP contribution in [0.2, 0.25) is 0 Å². The van der Waals surface area contributed by atoms with Gasteiger partial charge in [-0.1, -0.05) is 15.9 Å². The molecule has 0 radical (unpaired) electrons. The molecule has 0 rings (SSSR count). The van der Waals surface area contributed by atoms with Crippen molar-refractivity contribution in [1.82, 2.24) is 0 Å². The predicted octanol–water partition coefficient (Wildman–Crippen LogP) is -0.151. The maximum absolute atomic E-state index is 10.4. The van der Waals surface area contributed by atoms with Gasteiger partial charge in [0.1, 0.15) is 0 Å². The number of hydrogen-bond donors (Lipinski definition) is 2. The minimum absolute atomic E-state index is 0.112. The highest BCUT2D eigenvalue weighted by atomic mass is 79.9. The van der Waals surface area contributed by atoms with Crippen LogP contribution in [-0.4, -0.2) is 27.6 Å². The second-order valence-corrected chi connectivity index (χ2v) is 3.57. The summed E-state index contributed by atoms with van der Waals surface area (Å²) < 4.78 is 3.38. The highest BCUT2D eigenvalue weighted by Crippen LogP contribution is 2.10. The maximum Gasteiger partial charge on any atom is 0.709 e. The van der Waals surface area contributed by atoms with E-state index in [1.54, 1.807) is 0 Å². The molecule has 0 aromatic rings. The Bertz CT molecular complexity index is 107. The third-order valence-corrected chi connectivity index (χ3v) is 1.04. The molecule has 0 aliphatic rings. The van der Waals surface area contributed by atoms with Crippen LogP contribution in [0.25, 0.3) is 0 Å². The molecule has 0 fully saturated rings. The monoisotopic (exact) mass is 230 g/mol. The van der Waals surface area contributed by atoms with Gasteiger partial charge in [0.25, 0.3) is 5.97 Å². The van der Waals surface area contributed by atoms with Gasteiger partial charge in [-0.2, -0.15) is 0 Å². The van der Waals surface area contributed by atoms with Crippen molar-refractivity contribution < 1.29 is 19.5 Å². The molecule has 0 saturated carbocycles. The molecule has 0 aliphatic heterocycles. The number of rotatable bonds is 3. The molecule has 0 saturated heterocycles. The van der Waals surface area contributed by atoms with E-state index < -0.39 is 17.6 Å². The van der Waals surface area contributed by atoms with Crippen molar-refractivity contribution in [2.24, 2.45) is 0 Å². The first-order valence-corrected chi connectivity index (χ1v) is 3.71. The minimum Gasteiger partial charge on any atom is -0.485 e. The van der Waals surface area contributed by atoms with E-state index in [1.807, 2.05) is 0 Å². The SMILES string of the molecule is O=C(CC(Cl)Br)OB(O)O. The predicted molar refractivity (Wildman–Crippen MR) is 39.5 cm³/mol. The molecular formula is C3H5BBrClO4. The van der Waals surface area contributed by atoms with Gasteiger partial charge in [-0.15, -0.1) is 11.6 Å². The summed E-state index contributed by atoms with van der Waals surface area (Å²) >= 11 is 8.17. The smallest absolute Gasteiger partial charge is 0.485 e. The fourth-order valence-electron chi connectivity index (χ4n) is 0.292. The van der Waals surface area contributed by atoms with Gasteiger partial charge in [-0.25, -0.2) is 0 Å². The average molecular weight is 231 g/mol. The molecule has 0 aromatic carbocycles. The van der Waals surface area contributed by atoms with E-state index in [0.717, 1.165) is 0 Å². The van der Waals surface area contributed by atoms with Crippen molar-refractivity contribution in [1.29, 1.82) is 0 Å². The number of hydrogen-bond acceptors (Lipinski definition) is 4. The lowest BCUT2D eigenvalue weighted by atomic mass is 10.2. The van der Waals surface area contributed by atoms with Gasteiger partial charge in [0.05, 0.1) is 10.7 Å². The van der Waals surface area contributed by atoms with Crippen LogP contribution >= 0.6 is 27.5 Å². The number of carbonyl (C=O) groups is 1. The van der Waals surface area contributed by atoms with Gasteiger partial charge in [0, 0.05) is 0 Å². The van der Waals surface area contributed by atoms with Crippen LogP contribution < -0.4 is 0 Å². The summed E-state index contributed by atoms with van der Waals surface area (Å²) in [5.74, 6) is -0.771. The average Bonchev–Trinajstić information content (AvgIpc) is 1.58. The summed E-state index contributed by atoms with van der Waals surface area (Å²) in [4.78, 5) is 10.4.